The van der Waals surface area contributed by atoms with Crippen LogP contribution >= 0.6 is 0 Å². The highest BCUT2D eigenvalue weighted by Crippen LogP contribution is 2.29. The number of ether oxygens (including phenoxy) is 2. The fourth-order valence-corrected chi connectivity index (χ4v) is 1.61. The molecule has 3 N–H and O–H groups in total. The van der Waals surface area contributed by atoms with Crippen LogP contribution in [0.5, 0.6) is 5.75 Å². The number of rotatable bonds is 5. The van der Waals surface area contributed by atoms with E-state index in [-0.39, 0.29) is 16.9 Å². The number of phenols is 1. The van der Waals surface area contributed by atoms with Gasteiger partial charge in [0.2, 0.25) is 0 Å². The first-order valence-corrected chi connectivity index (χ1v) is 5.74. The number of benzene rings is 1. The van der Waals surface area contributed by atoms with Crippen LogP contribution in [0.25, 0.3) is 0 Å². The molecule has 20 heavy (non-hydrogen) atoms. The van der Waals surface area contributed by atoms with Gasteiger partial charge in [0.05, 0.1) is 32.3 Å². The largest absolute Gasteiger partial charge is 0.508 e. The minimum Gasteiger partial charge on any atom is -0.508 e. The van der Waals surface area contributed by atoms with Gasteiger partial charge in [-0.25, -0.2) is 4.79 Å². The van der Waals surface area contributed by atoms with Crippen LogP contribution in [-0.4, -0.2) is 47.6 Å². The number of carbonyl (C=O) groups excluding carboxylic acids is 2. The molecule has 0 aliphatic heterocycles. The average Bonchev–Trinajstić information content (AvgIpc) is 2.45. The van der Waals surface area contributed by atoms with Gasteiger partial charge in [-0.3, -0.25) is 4.79 Å². The molecule has 2 unspecified atom stereocenters. The van der Waals surface area contributed by atoms with Crippen molar-refractivity contribution in [3.8, 4) is 5.75 Å². The van der Waals surface area contributed by atoms with Gasteiger partial charge in [0.15, 0.2) is 0 Å². The summed E-state index contributed by atoms with van der Waals surface area (Å²) < 4.78 is 8.88. The smallest absolute Gasteiger partial charge is 0.337 e. The van der Waals surface area contributed by atoms with E-state index < -0.39 is 30.6 Å². The molecule has 0 heterocycles. The molecule has 1 aromatic carbocycles. The van der Waals surface area contributed by atoms with Gasteiger partial charge in [0.25, 0.3) is 0 Å². The zero-order valence-corrected chi connectivity index (χ0v) is 11.1. The number of methoxy groups -OCH3 is 2. The van der Waals surface area contributed by atoms with Crippen molar-refractivity contribution in [1.29, 1.82) is 0 Å². The molecule has 0 radical (unpaired) electrons. The predicted molar refractivity (Wildman–Crippen MR) is 67.0 cm³/mol. The summed E-state index contributed by atoms with van der Waals surface area (Å²) >= 11 is 0. The van der Waals surface area contributed by atoms with Crippen molar-refractivity contribution in [2.24, 2.45) is 0 Å². The van der Waals surface area contributed by atoms with Gasteiger partial charge in [-0.15, -0.1) is 0 Å². The Morgan fingerprint density at radius 3 is 2.40 bits per heavy atom. The van der Waals surface area contributed by atoms with E-state index in [9.17, 15) is 24.9 Å². The van der Waals surface area contributed by atoms with Gasteiger partial charge in [-0.05, 0) is 18.2 Å². The van der Waals surface area contributed by atoms with E-state index in [4.69, 9.17) is 0 Å². The number of hydrogen-bond acceptors (Lipinski definition) is 7. The lowest BCUT2D eigenvalue weighted by molar-refractivity contribution is -0.144. The standard InChI is InChI=1S/C13H16O7/c1-19-11(16)6-10(15)12(17)8-5-7(13(18)20-2)3-4-9(8)14/h3-5,10,12,14-15,17H,6H2,1-2H3. The van der Waals surface area contributed by atoms with Gasteiger partial charge in [-0.2, -0.15) is 0 Å². The van der Waals surface area contributed by atoms with E-state index >= 15 is 0 Å². The van der Waals surface area contributed by atoms with Crippen molar-refractivity contribution < 1.29 is 34.4 Å². The molecule has 0 fully saturated rings. The number of aliphatic hydroxyl groups excluding tert-OH is 2. The molecular formula is C13H16O7. The number of hydrogen-bond donors (Lipinski definition) is 3. The normalized spacial score (nSPS) is 13.4. The number of phenolic OH excluding ortho intramolecular Hbond substituents is 1. The summed E-state index contributed by atoms with van der Waals surface area (Å²) in [6.07, 6.45) is -3.46. The third-order valence-corrected chi connectivity index (χ3v) is 2.74. The summed E-state index contributed by atoms with van der Waals surface area (Å²) in [6, 6.07) is 3.69. The Hall–Kier alpha value is -2.12. The van der Waals surface area contributed by atoms with Crippen LogP contribution in [0.15, 0.2) is 18.2 Å². The molecule has 1 aromatic rings. The van der Waals surface area contributed by atoms with E-state index in [0.29, 0.717) is 0 Å². The fraction of sp³-hybridized carbons (Fsp3) is 0.385. The van der Waals surface area contributed by atoms with Crippen molar-refractivity contribution in [2.45, 2.75) is 18.6 Å². The van der Waals surface area contributed by atoms with Gasteiger partial charge >= 0.3 is 11.9 Å². The van der Waals surface area contributed by atoms with Gasteiger partial charge in [-0.1, -0.05) is 0 Å². The molecule has 0 saturated carbocycles. The average molecular weight is 284 g/mol. The lowest BCUT2D eigenvalue weighted by Gasteiger charge is -2.18. The zero-order valence-electron chi connectivity index (χ0n) is 11.1. The number of aromatic hydroxyl groups is 1. The SMILES string of the molecule is COC(=O)CC(O)C(O)c1cc(C(=O)OC)ccc1O. The van der Waals surface area contributed by atoms with Crippen LogP contribution < -0.4 is 0 Å². The number of aliphatic hydroxyl groups is 2. The van der Waals surface area contributed by atoms with Crippen molar-refractivity contribution >= 4 is 11.9 Å². The minimum atomic E-state index is -1.54. The molecule has 0 amide bonds. The van der Waals surface area contributed by atoms with Crippen LogP contribution in [0.4, 0.5) is 0 Å². The van der Waals surface area contributed by atoms with E-state index in [0.717, 1.165) is 7.11 Å². The van der Waals surface area contributed by atoms with Crippen molar-refractivity contribution in [3.63, 3.8) is 0 Å². The fourth-order valence-electron chi connectivity index (χ4n) is 1.61. The Bertz CT molecular complexity index is 497. The summed E-state index contributed by atoms with van der Waals surface area (Å²) in [5.41, 5.74) is 0.0221. The van der Waals surface area contributed by atoms with Gasteiger partial charge in [0, 0.05) is 5.56 Å². The Labute approximate surface area is 115 Å². The monoisotopic (exact) mass is 284 g/mol. The molecule has 0 spiro atoms. The zero-order chi connectivity index (χ0) is 15.3. The Balaban J connectivity index is 2.99. The Kier molecular flexibility index (Phi) is 5.48. The van der Waals surface area contributed by atoms with Crippen molar-refractivity contribution in [2.75, 3.05) is 14.2 Å². The van der Waals surface area contributed by atoms with E-state index in [2.05, 4.69) is 9.47 Å². The summed E-state index contributed by atoms with van der Waals surface area (Å²) in [5.74, 6) is -1.67. The molecule has 0 aliphatic carbocycles. The first kappa shape index (κ1) is 15.9. The number of carbonyl (C=O) groups is 2. The lowest BCUT2D eigenvalue weighted by atomic mass is 9.99. The molecule has 0 saturated heterocycles. The first-order valence-electron chi connectivity index (χ1n) is 5.74. The second-order valence-corrected chi connectivity index (χ2v) is 4.06. The third kappa shape index (κ3) is 3.69. The highest BCUT2D eigenvalue weighted by Gasteiger charge is 2.25. The maximum absolute atomic E-state index is 11.4. The van der Waals surface area contributed by atoms with Gasteiger partial charge < -0.3 is 24.8 Å². The summed E-state index contributed by atoms with van der Waals surface area (Å²) in [6.45, 7) is 0. The Morgan fingerprint density at radius 1 is 1.20 bits per heavy atom. The van der Waals surface area contributed by atoms with Crippen LogP contribution in [-0.2, 0) is 14.3 Å². The van der Waals surface area contributed by atoms with E-state index in [1.54, 1.807) is 0 Å². The molecule has 7 nitrogen and oxygen atoms in total. The van der Waals surface area contributed by atoms with E-state index in [1.165, 1.54) is 25.3 Å². The summed E-state index contributed by atoms with van der Waals surface area (Å²) in [4.78, 5) is 22.4. The number of esters is 2. The molecule has 7 heteroatoms. The van der Waals surface area contributed by atoms with E-state index in [1.807, 2.05) is 0 Å². The maximum atomic E-state index is 11.4. The second-order valence-electron chi connectivity index (χ2n) is 4.06. The van der Waals surface area contributed by atoms with Crippen molar-refractivity contribution in [1.82, 2.24) is 0 Å². The van der Waals surface area contributed by atoms with Crippen LogP contribution in [0.2, 0.25) is 0 Å². The summed E-state index contributed by atoms with van der Waals surface area (Å²) in [5, 5.41) is 29.3. The lowest BCUT2D eigenvalue weighted by Crippen LogP contribution is -2.23. The van der Waals surface area contributed by atoms with Gasteiger partial charge in [0.1, 0.15) is 11.9 Å². The quantitative estimate of drug-likeness (QED) is 0.659. The van der Waals surface area contributed by atoms with Crippen LogP contribution in [0, 0.1) is 0 Å². The Morgan fingerprint density at radius 2 is 1.85 bits per heavy atom. The highest BCUT2D eigenvalue weighted by atomic mass is 16.5. The molecule has 1 rings (SSSR count). The molecule has 0 bridgehead atoms. The van der Waals surface area contributed by atoms with Crippen molar-refractivity contribution in [3.05, 3.63) is 29.3 Å². The topological polar surface area (TPSA) is 113 Å². The molecular weight excluding hydrogens is 268 g/mol. The second kappa shape index (κ2) is 6.88. The molecule has 2 atom stereocenters. The minimum absolute atomic E-state index is 0.0793. The predicted octanol–water partition coefficient (Wildman–Crippen LogP) is 0.136. The molecule has 0 aliphatic rings. The molecule has 110 valence electrons. The first-order chi connectivity index (χ1) is 9.40. The van der Waals surface area contributed by atoms with Crippen LogP contribution in [0.1, 0.15) is 28.4 Å². The summed E-state index contributed by atoms with van der Waals surface area (Å²) in [7, 11) is 2.34. The highest BCUT2D eigenvalue weighted by molar-refractivity contribution is 5.89. The van der Waals surface area contributed by atoms with Crippen LogP contribution in [0.3, 0.4) is 0 Å². The third-order valence-electron chi connectivity index (χ3n) is 2.74. The maximum Gasteiger partial charge on any atom is 0.337 e. The molecule has 0 aromatic heterocycles.